The molecule has 0 aromatic heterocycles. The van der Waals surface area contributed by atoms with Crippen LogP contribution >= 0.6 is 0 Å². The number of rotatable bonds is 5. The van der Waals surface area contributed by atoms with Crippen molar-refractivity contribution in [3.8, 4) is 0 Å². The van der Waals surface area contributed by atoms with Gasteiger partial charge in [0.15, 0.2) is 0 Å². The van der Waals surface area contributed by atoms with E-state index in [9.17, 15) is 9.59 Å². The number of benzene rings is 1. The van der Waals surface area contributed by atoms with Crippen molar-refractivity contribution in [3.63, 3.8) is 0 Å². The van der Waals surface area contributed by atoms with Gasteiger partial charge in [0, 0.05) is 5.69 Å². The smallest absolute Gasteiger partial charge is 0.316 e. The molecule has 0 radical (unpaired) electrons. The van der Waals surface area contributed by atoms with Gasteiger partial charge in [0.1, 0.15) is 5.92 Å². The van der Waals surface area contributed by atoms with Crippen molar-refractivity contribution < 1.29 is 14.7 Å². The van der Waals surface area contributed by atoms with Crippen molar-refractivity contribution in [1.82, 2.24) is 0 Å². The molecule has 1 aromatic rings. The first-order chi connectivity index (χ1) is 8.86. The highest BCUT2D eigenvalue weighted by molar-refractivity contribution is 6.04. The first-order valence-electron chi connectivity index (χ1n) is 6.51. The van der Waals surface area contributed by atoms with Crippen LogP contribution in [0.1, 0.15) is 44.2 Å². The van der Waals surface area contributed by atoms with Crippen LogP contribution in [-0.2, 0) is 9.59 Å². The number of aryl methyl sites for hydroxylation is 1. The van der Waals surface area contributed by atoms with Crippen molar-refractivity contribution in [1.29, 1.82) is 0 Å². The molecule has 1 atom stereocenters. The molecule has 1 rings (SSSR count). The second-order valence-corrected chi connectivity index (χ2v) is 5.02. The zero-order chi connectivity index (χ0) is 14.6. The van der Waals surface area contributed by atoms with Gasteiger partial charge in [-0.05, 0) is 36.5 Å². The topological polar surface area (TPSA) is 66.4 Å². The Bertz CT molecular complexity index is 480. The molecule has 19 heavy (non-hydrogen) atoms. The summed E-state index contributed by atoms with van der Waals surface area (Å²) in [6, 6.07) is 5.86. The molecule has 0 aliphatic rings. The van der Waals surface area contributed by atoms with E-state index >= 15 is 0 Å². The molecule has 1 unspecified atom stereocenters. The van der Waals surface area contributed by atoms with Gasteiger partial charge >= 0.3 is 5.97 Å². The number of carbonyl (C=O) groups is 2. The molecule has 2 N–H and O–H groups in total. The SMILES string of the molecule is CCC(C(=O)O)C(=O)Nc1cc(C(C)C)ccc1C. The van der Waals surface area contributed by atoms with Gasteiger partial charge in [0.25, 0.3) is 0 Å². The third-order valence-corrected chi connectivity index (χ3v) is 3.21. The highest BCUT2D eigenvalue weighted by atomic mass is 16.4. The maximum Gasteiger partial charge on any atom is 0.316 e. The number of carboxylic acid groups (broad SMARTS) is 1. The summed E-state index contributed by atoms with van der Waals surface area (Å²) in [5.74, 6) is -2.18. The average molecular weight is 263 g/mol. The summed E-state index contributed by atoms with van der Waals surface area (Å²) in [6.07, 6.45) is 0.282. The Morgan fingerprint density at radius 1 is 1.32 bits per heavy atom. The van der Waals surface area contributed by atoms with Gasteiger partial charge in [0.2, 0.25) is 5.91 Å². The molecule has 0 fully saturated rings. The van der Waals surface area contributed by atoms with Gasteiger partial charge in [-0.25, -0.2) is 0 Å². The molecule has 1 aromatic carbocycles. The van der Waals surface area contributed by atoms with Crippen molar-refractivity contribution in [2.75, 3.05) is 5.32 Å². The zero-order valence-electron chi connectivity index (χ0n) is 11.9. The van der Waals surface area contributed by atoms with E-state index in [2.05, 4.69) is 19.2 Å². The summed E-state index contributed by atoms with van der Waals surface area (Å²) in [4.78, 5) is 22.9. The molecule has 0 spiro atoms. The Hall–Kier alpha value is -1.84. The lowest BCUT2D eigenvalue weighted by atomic mass is 10.00. The molecule has 0 saturated heterocycles. The van der Waals surface area contributed by atoms with E-state index in [1.165, 1.54) is 0 Å². The van der Waals surface area contributed by atoms with E-state index in [0.717, 1.165) is 11.1 Å². The maximum absolute atomic E-state index is 11.9. The number of carbonyl (C=O) groups excluding carboxylic acids is 1. The molecule has 104 valence electrons. The highest BCUT2D eigenvalue weighted by Crippen LogP contribution is 2.23. The number of nitrogens with one attached hydrogen (secondary N) is 1. The lowest BCUT2D eigenvalue weighted by Gasteiger charge is -2.15. The number of hydrogen-bond donors (Lipinski definition) is 2. The number of hydrogen-bond acceptors (Lipinski definition) is 2. The number of amides is 1. The van der Waals surface area contributed by atoms with E-state index in [-0.39, 0.29) is 6.42 Å². The Morgan fingerprint density at radius 3 is 2.42 bits per heavy atom. The molecule has 4 heteroatoms. The van der Waals surface area contributed by atoms with Crippen molar-refractivity contribution in [2.45, 2.75) is 40.0 Å². The second kappa shape index (κ2) is 6.36. The predicted octanol–water partition coefficient (Wildman–Crippen LogP) is 3.17. The Labute approximate surface area is 113 Å². The van der Waals surface area contributed by atoms with Gasteiger partial charge in [-0.1, -0.05) is 32.9 Å². The predicted molar refractivity (Wildman–Crippen MR) is 75.3 cm³/mol. The average Bonchev–Trinajstić information content (AvgIpc) is 2.31. The fraction of sp³-hybridized carbons (Fsp3) is 0.467. The summed E-state index contributed by atoms with van der Waals surface area (Å²) >= 11 is 0. The van der Waals surface area contributed by atoms with Crippen LogP contribution < -0.4 is 5.32 Å². The first kappa shape index (κ1) is 15.2. The second-order valence-electron chi connectivity index (χ2n) is 5.02. The summed E-state index contributed by atoms with van der Waals surface area (Å²) in [5, 5.41) is 11.7. The highest BCUT2D eigenvalue weighted by Gasteiger charge is 2.24. The van der Waals surface area contributed by atoms with Crippen LogP contribution in [0.3, 0.4) is 0 Å². The molecule has 0 bridgehead atoms. The third-order valence-electron chi connectivity index (χ3n) is 3.21. The molecular formula is C15H21NO3. The van der Waals surface area contributed by atoms with Crippen molar-refractivity contribution >= 4 is 17.6 Å². The van der Waals surface area contributed by atoms with E-state index < -0.39 is 17.8 Å². The fourth-order valence-electron chi connectivity index (χ4n) is 1.83. The fourth-order valence-corrected chi connectivity index (χ4v) is 1.83. The minimum Gasteiger partial charge on any atom is -0.481 e. The first-order valence-corrected chi connectivity index (χ1v) is 6.51. The van der Waals surface area contributed by atoms with Crippen molar-refractivity contribution in [3.05, 3.63) is 29.3 Å². The van der Waals surface area contributed by atoms with E-state index in [1.54, 1.807) is 6.92 Å². The van der Waals surface area contributed by atoms with Gasteiger partial charge in [-0.3, -0.25) is 9.59 Å². The van der Waals surface area contributed by atoms with E-state index in [4.69, 9.17) is 5.11 Å². The Morgan fingerprint density at radius 2 is 1.95 bits per heavy atom. The largest absolute Gasteiger partial charge is 0.481 e. The van der Waals surface area contributed by atoms with Crippen LogP contribution in [0, 0.1) is 12.8 Å². The molecule has 0 saturated carbocycles. The Kier molecular flexibility index (Phi) is 5.10. The quantitative estimate of drug-likeness (QED) is 0.802. The number of aliphatic carboxylic acids is 1. The lowest BCUT2D eigenvalue weighted by Crippen LogP contribution is -2.29. The third kappa shape index (κ3) is 3.81. The molecule has 1 amide bonds. The zero-order valence-corrected chi connectivity index (χ0v) is 11.9. The monoisotopic (exact) mass is 263 g/mol. The summed E-state index contributed by atoms with van der Waals surface area (Å²) < 4.78 is 0. The lowest BCUT2D eigenvalue weighted by molar-refractivity contribution is -0.145. The normalized spacial score (nSPS) is 12.3. The van der Waals surface area contributed by atoms with Crippen LogP contribution in [-0.4, -0.2) is 17.0 Å². The Balaban J connectivity index is 2.95. The van der Waals surface area contributed by atoms with Gasteiger partial charge < -0.3 is 10.4 Å². The minimum atomic E-state index is -1.09. The molecule has 0 aliphatic heterocycles. The standard InChI is InChI=1S/C15H21NO3/c1-5-12(15(18)19)14(17)16-13-8-11(9(2)3)7-6-10(13)4/h6-9,12H,5H2,1-4H3,(H,16,17)(H,18,19). The molecule has 0 heterocycles. The van der Waals surface area contributed by atoms with Crippen LogP contribution in [0.2, 0.25) is 0 Å². The van der Waals surface area contributed by atoms with Crippen LogP contribution in [0.5, 0.6) is 0 Å². The molecular weight excluding hydrogens is 242 g/mol. The summed E-state index contributed by atoms with van der Waals surface area (Å²) in [7, 11) is 0. The van der Waals surface area contributed by atoms with Gasteiger partial charge in [-0.15, -0.1) is 0 Å². The number of anilines is 1. The summed E-state index contributed by atoms with van der Waals surface area (Å²) in [6.45, 7) is 7.72. The van der Waals surface area contributed by atoms with E-state index in [0.29, 0.717) is 11.6 Å². The van der Waals surface area contributed by atoms with E-state index in [1.807, 2.05) is 25.1 Å². The van der Waals surface area contributed by atoms with Crippen LogP contribution in [0.4, 0.5) is 5.69 Å². The van der Waals surface area contributed by atoms with Crippen LogP contribution in [0.15, 0.2) is 18.2 Å². The molecule has 4 nitrogen and oxygen atoms in total. The minimum absolute atomic E-state index is 0.282. The van der Waals surface area contributed by atoms with Crippen molar-refractivity contribution in [2.24, 2.45) is 5.92 Å². The van der Waals surface area contributed by atoms with Crippen LogP contribution in [0.25, 0.3) is 0 Å². The van der Waals surface area contributed by atoms with Gasteiger partial charge in [-0.2, -0.15) is 0 Å². The number of carboxylic acids is 1. The summed E-state index contributed by atoms with van der Waals surface area (Å²) in [5.41, 5.74) is 2.73. The van der Waals surface area contributed by atoms with Gasteiger partial charge in [0.05, 0.1) is 0 Å². The molecule has 0 aliphatic carbocycles. The maximum atomic E-state index is 11.9.